The molecule has 0 bridgehead atoms. The van der Waals surface area contributed by atoms with Crippen LogP contribution in [0.1, 0.15) is 42.2 Å². The highest BCUT2D eigenvalue weighted by atomic mass is 32.1. The van der Waals surface area contributed by atoms with Gasteiger partial charge in [-0.25, -0.2) is 4.39 Å². The Bertz CT molecular complexity index is 959. The van der Waals surface area contributed by atoms with Crippen LogP contribution in [0, 0.1) is 11.7 Å². The largest absolute Gasteiger partial charge is 0.491 e. The molecule has 2 aromatic rings. The first-order valence-corrected chi connectivity index (χ1v) is 12.5. The highest BCUT2D eigenvalue weighted by Gasteiger charge is 2.35. The molecular formula is C25H31FN2O4S. The van der Waals surface area contributed by atoms with Gasteiger partial charge in [-0.05, 0) is 48.4 Å². The second-order valence-electron chi connectivity index (χ2n) is 8.65. The molecule has 0 unspecified atom stereocenters. The van der Waals surface area contributed by atoms with Crippen molar-refractivity contribution in [2.75, 3.05) is 40.0 Å². The first-order valence-electron chi connectivity index (χ1n) is 11.6. The van der Waals surface area contributed by atoms with E-state index >= 15 is 0 Å². The predicted octanol–water partition coefficient (Wildman–Crippen LogP) is 4.06. The maximum Gasteiger partial charge on any atom is 0.242 e. The minimum atomic E-state index is -0.362. The predicted molar refractivity (Wildman–Crippen MR) is 125 cm³/mol. The lowest BCUT2D eigenvalue weighted by Crippen LogP contribution is -2.49. The summed E-state index contributed by atoms with van der Waals surface area (Å²) in [6.07, 6.45) is 4.69. The Hall–Kier alpha value is -2.45. The van der Waals surface area contributed by atoms with Gasteiger partial charge in [0.05, 0.1) is 19.2 Å². The molecule has 33 heavy (non-hydrogen) atoms. The number of hydrogen-bond acceptors (Lipinski definition) is 5. The Morgan fingerprint density at radius 1 is 1.24 bits per heavy atom. The van der Waals surface area contributed by atoms with Crippen LogP contribution in [-0.4, -0.2) is 61.6 Å². The number of carbonyl (C=O) groups excluding carboxylic acids is 2. The molecule has 1 aromatic carbocycles. The minimum absolute atomic E-state index is 0.00611. The van der Waals surface area contributed by atoms with Crippen LogP contribution in [0.4, 0.5) is 4.39 Å². The van der Waals surface area contributed by atoms with Crippen molar-refractivity contribution in [3.05, 3.63) is 52.0 Å². The summed E-state index contributed by atoms with van der Waals surface area (Å²) in [5.74, 6) is 0.0369. The van der Waals surface area contributed by atoms with E-state index in [0.717, 1.165) is 37.7 Å². The van der Waals surface area contributed by atoms with Gasteiger partial charge in [0.15, 0.2) is 0 Å². The van der Waals surface area contributed by atoms with E-state index in [4.69, 9.17) is 9.47 Å². The molecule has 178 valence electrons. The van der Waals surface area contributed by atoms with Crippen molar-refractivity contribution in [2.45, 2.75) is 38.1 Å². The Morgan fingerprint density at radius 3 is 2.82 bits per heavy atom. The molecule has 1 saturated carbocycles. The number of halogens is 1. The number of fused-ring (bicyclic) bond motifs is 1. The van der Waals surface area contributed by atoms with Crippen LogP contribution in [0.25, 0.3) is 0 Å². The van der Waals surface area contributed by atoms with Crippen LogP contribution >= 0.6 is 11.3 Å². The summed E-state index contributed by atoms with van der Waals surface area (Å²) in [4.78, 5) is 31.3. The van der Waals surface area contributed by atoms with Gasteiger partial charge in [0.25, 0.3) is 0 Å². The number of methoxy groups -OCH3 is 1. The van der Waals surface area contributed by atoms with Crippen LogP contribution in [0.15, 0.2) is 35.7 Å². The lowest BCUT2D eigenvalue weighted by atomic mass is 10.00. The molecule has 4 rings (SSSR count). The second kappa shape index (κ2) is 11.1. The fourth-order valence-electron chi connectivity index (χ4n) is 4.76. The molecule has 6 nitrogen and oxygen atoms in total. The Kier molecular flexibility index (Phi) is 7.98. The maximum atomic E-state index is 13.6. The molecule has 8 heteroatoms. The number of thiophene rings is 1. The first-order chi connectivity index (χ1) is 16.1. The number of benzene rings is 1. The molecule has 0 spiro atoms. The van der Waals surface area contributed by atoms with Gasteiger partial charge >= 0.3 is 0 Å². The van der Waals surface area contributed by atoms with E-state index in [1.165, 1.54) is 17.0 Å². The summed E-state index contributed by atoms with van der Waals surface area (Å²) in [6.45, 7) is 1.63. The molecule has 0 radical (unpaired) electrons. The third kappa shape index (κ3) is 5.73. The topological polar surface area (TPSA) is 59.1 Å². The van der Waals surface area contributed by atoms with Gasteiger partial charge < -0.3 is 19.3 Å². The van der Waals surface area contributed by atoms with E-state index in [1.807, 2.05) is 16.3 Å². The maximum absolute atomic E-state index is 13.6. The van der Waals surface area contributed by atoms with Gasteiger partial charge in [0.2, 0.25) is 11.8 Å². The molecule has 1 aliphatic heterocycles. The smallest absolute Gasteiger partial charge is 0.242 e. The molecule has 0 N–H and O–H groups in total. The number of rotatable bonds is 9. The number of nitrogens with zero attached hydrogens (tertiary/aromatic N) is 2. The third-order valence-corrected chi connectivity index (χ3v) is 7.52. The average Bonchev–Trinajstić information content (AvgIpc) is 3.52. The summed E-state index contributed by atoms with van der Waals surface area (Å²) >= 11 is 1.68. The van der Waals surface area contributed by atoms with Crippen molar-refractivity contribution in [1.82, 2.24) is 9.80 Å². The van der Waals surface area contributed by atoms with E-state index < -0.39 is 0 Å². The number of hydrogen-bond donors (Lipinski definition) is 0. The third-order valence-electron chi connectivity index (χ3n) is 6.53. The van der Waals surface area contributed by atoms with E-state index in [-0.39, 0.29) is 42.7 Å². The quantitative estimate of drug-likeness (QED) is 0.550. The molecule has 2 heterocycles. The SMILES string of the molecule is COCCN(CC(=O)N1CCc2sccc2[C@H]1COc1cccc(F)c1)C(=O)C1CCCC1. The van der Waals surface area contributed by atoms with E-state index in [2.05, 4.69) is 0 Å². The van der Waals surface area contributed by atoms with Crippen molar-refractivity contribution in [1.29, 1.82) is 0 Å². The highest BCUT2D eigenvalue weighted by Crippen LogP contribution is 2.34. The van der Waals surface area contributed by atoms with Crippen molar-refractivity contribution in [3.8, 4) is 5.75 Å². The van der Waals surface area contributed by atoms with Gasteiger partial charge in [-0.3, -0.25) is 9.59 Å². The zero-order valence-corrected chi connectivity index (χ0v) is 19.8. The summed E-state index contributed by atoms with van der Waals surface area (Å²) in [7, 11) is 1.60. The van der Waals surface area contributed by atoms with E-state index in [1.54, 1.807) is 35.5 Å². The van der Waals surface area contributed by atoms with Gasteiger partial charge in [-0.2, -0.15) is 0 Å². The van der Waals surface area contributed by atoms with Crippen molar-refractivity contribution < 1.29 is 23.5 Å². The van der Waals surface area contributed by atoms with Gasteiger partial charge in [0.1, 0.15) is 18.2 Å². The number of carbonyl (C=O) groups is 2. The summed E-state index contributed by atoms with van der Waals surface area (Å²) in [5.41, 5.74) is 1.07. The fourth-order valence-corrected chi connectivity index (χ4v) is 5.69. The Balaban J connectivity index is 1.49. The van der Waals surface area contributed by atoms with Gasteiger partial charge in [0, 0.05) is 37.1 Å². The standard InChI is InChI=1S/C25H31FN2O4S/c1-31-13-12-27(25(30)18-5-2-3-6-18)16-24(29)28-11-9-23-21(10-14-33-23)22(28)17-32-20-8-4-7-19(26)15-20/h4,7-8,10,14-15,18,22H,2-3,5-6,9,11-13,16-17H2,1H3/t22-/m1/s1. The minimum Gasteiger partial charge on any atom is -0.491 e. The van der Waals surface area contributed by atoms with Crippen LogP contribution in [0.3, 0.4) is 0 Å². The lowest BCUT2D eigenvalue weighted by Gasteiger charge is -2.37. The molecule has 0 saturated heterocycles. The van der Waals surface area contributed by atoms with Crippen LogP contribution in [-0.2, 0) is 20.7 Å². The zero-order valence-electron chi connectivity index (χ0n) is 19.0. The van der Waals surface area contributed by atoms with Gasteiger partial charge in [-0.15, -0.1) is 11.3 Å². The van der Waals surface area contributed by atoms with Crippen LogP contribution in [0.5, 0.6) is 5.75 Å². The van der Waals surface area contributed by atoms with Crippen LogP contribution < -0.4 is 4.74 Å². The van der Waals surface area contributed by atoms with E-state index in [9.17, 15) is 14.0 Å². The molecule has 1 aliphatic carbocycles. The average molecular weight is 475 g/mol. The van der Waals surface area contributed by atoms with Crippen molar-refractivity contribution in [2.24, 2.45) is 5.92 Å². The molecule has 2 amide bonds. The number of ether oxygens (including phenoxy) is 2. The van der Waals surface area contributed by atoms with Crippen molar-refractivity contribution in [3.63, 3.8) is 0 Å². The van der Waals surface area contributed by atoms with E-state index in [0.29, 0.717) is 25.4 Å². The molecule has 1 aromatic heterocycles. The summed E-state index contributed by atoms with van der Waals surface area (Å²) in [6, 6.07) is 7.78. The molecule has 1 fully saturated rings. The lowest BCUT2D eigenvalue weighted by molar-refractivity contribution is -0.145. The number of amides is 2. The van der Waals surface area contributed by atoms with Gasteiger partial charge in [-0.1, -0.05) is 18.9 Å². The van der Waals surface area contributed by atoms with Crippen LogP contribution in [0.2, 0.25) is 0 Å². The molecule has 1 atom stereocenters. The zero-order chi connectivity index (χ0) is 23.2. The normalized spacial score (nSPS) is 18.2. The summed E-state index contributed by atoms with van der Waals surface area (Å²) < 4.78 is 24.7. The fraction of sp³-hybridized carbons (Fsp3) is 0.520. The molecule has 2 aliphatic rings. The monoisotopic (exact) mass is 474 g/mol. The Labute approximate surface area is 198 Å². The molecular weight excluding hydrogens is 443 g/mol. The second-order valence-corrected chi connectivity index (χ2v) is 9.66. The summed E-state index contributed by atoms with van der Waals surface area (Å²) in [5, 5.41) is 2.03. The highest BCUT2D eigenvalue weighted by molar-refractivity contribution is 7.10. The Morgan fingerprint density at radius 2 is 2.06 bits per heavy atom. The van der Waals surface area contributed by atoms with Crippen molar-refractivity contribution >= 4 is 23.2 Å². The first kappa shape index (κ1) is 23.7.